The fourth-order valence-corrected chi connectivity index (χ4v) is 2.86. The van der Waals surface area contributed by atoms with Gasteiger partial charge in [-0.25, -0.2) is 4.39 Å². The molecule has 0 radical (unpaired) electrons. The van der Waals surface area contributed by atoms with E-state index in [2.05, 4.69) is 15.6 Å². The summed E-state index contributed by atoms with van der Waals surface area (Å²) < 4.78 is 29.4. The standard InChI is InChI=1S/C21H34FN3O4.HI/c1-2-23-21(24-10-3-11-28-15-17-8-12-27-13-9-17)25-14-19(26)16-29-20-6-4-18(22)5-7-20;/h4-7,17,19,26H,2-3,8-16H2,1H3,(H2,23,24,25);1H. The number of nitrogens with one attached hydrogen (secondary N) is 2. The summed E-state index contributed by atoms with van der Waals surface area (Å²) in [6, 6.07) is 5.70. The highest BCUT2D eigenvalue weighted by atomic mass is 127. The van der Waals surface area contributed by atoms with E-state index >= 15 is 0 Å². The molecule has 1 unspecified atom stereocenters. The Balaban J connectivity index is 0.00000450. The summed E-state index contributed by atoms with van der Waals surface area (Å²) in [5.74, 6) is 1.46. The highest BCUT2D eigenvalue weighted by molar-refractivity contribution is 14.0. The summed E-state index contributed by atoms with van der Waals surface area (Å²) >= 11 is 0. The van der Waals surface area contributed by atoms with Crippen molar-refractivity contribution in [1.29, 1.82) is 0 Å². The molecular weight excluding hydrogens is 504 g/mol. The Kier molecular flexibility index (Phi) is 14.8. The number of rotatable bonds is 12. The lowest BCUT2D eigenvalue weighted by Crippen LogP contribution is -2.39. The zero-order valence-electron chi connectivity index (χ0n) is 17.6. The predicted molar refractivity (Wildman–Crippen MR) is 126 cm³/mol. The fourth-order valence-electron chi connectivity index (χ4n) is 2.86. The Labute approximate surface area is 195 Å². The van der Waals surface area contributed by atoms with E-state index in [0.717, 1.165) is 52.2 Å². The van der Waals surface area contributed by atoms with E-state index in [1.165, 1.54) is 24.3 Å². The first kappa shape index (κ1) is 26.9. The summed E-state index contributed by atoms with van der Waals surface area (Å²) in [6.45, 7) is 6.96. The van der Waals surface area contributed by atoms with Gasteiger partial charge in [-0.15, -0.1) is 24.0 Å². The number of aliphatic imine (C=N–C) groups is 1. The van der Waals surface area contributed by atoms with Crippen LogP contribution < -0.4 is 15.4 Å². The van der Waals surface area contributed by atoms with E-state index in [1.54, 1.807) is 0 Å². The quantitative estimate of drug-likeness (QED) is 0.164. The average molecular weight is 539 g/mol. The molecule has 1 aliphatic rings. The second kappa shape index (κ2) is 16.5. The van der Waals surface area contributed by atoms with E-state index in [0.29, 0.717) is 24.2 Å². The van der Waals surface area contributed by atoms with Crippen molar-refractivity contribution in [3.8, 4) is 5.75 Å². The van der Waals surface area contributed by atoms with E-state index in [9.17, 15) is 9.50 Å². The van der Waals surface area contributed by atoms with Gasteiger partial charge in [0.2, 0.25) is 0 Å². The Morgan fingerprint density at radius 1 is 1.27 bits per heavy atom. The number of halogens is 2. The molecule has 1 atom stereocenters. The minimum absolute atomic E-state index is 0. The molecule has 172 valence electrons. The van der Waals surface area contributed by atoms with Gasteiger partial charge in [0, 0.05) is 39.5 Å². The van der Waals surface area contributed by atoms with Crippen LogP contribution in [0.5, 0.6) is 5.75 Å². The first-order valence-corrected chi connectivity index (χ1v) is 10.4. The molecule has 2 rings (SSSR count). The number of aliphatic hydroxyl groups is 1. The van der Waals surface area contributed by atoms with Crippen LogP contribution in [-0.2, 0) is 9.47 Å². The van der Waals surface area contributed by atoms with Crippen molar-refractivity contribution in [2.45, 2.75) is 32.3 Å². The van der Waals surface area contributed by atoms with Crippen molar-refractivity contribution in [2.75, 3.05) is 52.7 Å². The van der Waals surface area contributed by atoms with E-state index in [4.69, 9.17) is 14.2 Å². The van der Waals surface area contributed by atoms with Crippen LogP contribution in [0.3, 0.4) is 0 Å². The molecular formula is C21H35FIN3O4. The maximum Gasteiger partial charge on any atom is 0.191 e. The lowest BCUT2D eigenvalue weighted by Gasteiger charge is -2.21. The van der Waals surface area contributed by atoms with Gasteiger partial charge in [-0.3, -0.25) is 4.99 Å². The van der Waals surface area contributed by atoms with Crippen molar-refractivity contribution in [3.05, 3.63) is 30.1 Å². The van der Waals surface area contributed by atoms with Crippen LogP contribution >= 0.6 is 24.0 Å². The van der Waals surface area contributed by atoms with Crippen LogP contribution in [0, 0.1) is 11.7 Å². The van der Waals surface area contributed by atoms with Crippen molar-refractivity contribution in [3.63, 3.8) is 0 Å². The van der Waals surface area contributed by atoms with Crippen molar-refractivity contribution in [1.82, 2.24) is 10.6 Å². The molecule has 30 heavy (non-hydrogen) atoms. The first-order chi connectivity index (χ1) is 14.2. The molecule has 0 spiro atoms. The summed E-state index contributed by atoms with van der Waals surface area (Å²) in [6.07, 6.45) is 2.30. The monoisotopic (exact) mass is 539 g/mol. The number of benzene rings is 1. The number of guanidine groups is 1. The summed E-state index contributed by atoms with van der Waals surface area (Å²) in [7, 11) is 0. The Bertz CT molecular complexity index is 586. The molecule has 0 aliphatic carbocycles. The lowest BCUT2D eigenvalue weighted by atomic mass is 10.0. The van der Waals surface area contributed by atoms with Crippen LogP contribution in [-0.4, -0.2) is 69.8 Å². The van der Waals surface area contributed by atoms with Crippen LogP contribution in [0.15, 0.2) is 29.3 Å². The van der Waals surface area contributed by atoms with E-state index in [1.807, 2.05) is 6.92 Å². The normalized spacial score (nSPS) is 15.9. The second-order valence-corrected chi connectivity index (χ2v) is 7.05. The molecule has 0 saturated carbocycles. The maximum absolute atomic E-state index is 12.9. The molecule has 1 aromatic carbocycles. The summed E-state index contributed by atoms with van der Waals surface area (Å²) in [4.78, 5) is 4.38. The molecule has 9 heteroatoms. The highest BCUT2D eigenvalue weighted by Crippen LogP contribution is 2.14. The number of hydrogen-bond donors (Lipinski definition) is 3. The van der Waals surface area contributed by atoms with Gasteiger partial charge >= 0.3 is 0 Å². The van der Waals surface area contributed by atoms with Crippen LogP contribution in [0.1, 0.15) is 26.2 Å². The number of nitrogens with zero attached hydrogens (tertiary/aromatic N) is 1. The van der Waals surface area contributed by atoms with Crippen LogP contribution in [0.25, 0.3) is 0 Å². The highest BCUT2D eigenvalue weighted by Gasteiger charge is 2.13. The topological polar surface area (TPSA) is 84.3 Å². The van der Waals surface area contributed by atoms with Gasteiger partial charge in [0.15, 0.2) is 5.96 Å². The molecule has 3 N–H and O–H groups in total. The van der Waals surface area contributed by atoms with Gasteiger partial charge in [-0.2, -0.15) is 0 Å². The zero-order chi connectivity index (χ0) is 20.7. The van der Waals surface area contributed by atoms with Gasteiger partial charge in [0.25, 0.3) is 0 Å². The SMILES string of the molecule is CCNC(=NCC(O)COc1ccc(F)cc1)NCCCOCC1CCOCC1.I. The minimum atomic E-state index is -0.752. The van der Waals surface area contributed by atoms with Crippen molar-refractivity contribution >= 4 is 29.9 Å². The largest absolute Gasteiger partial charge is 0.491 e. The van der Waals surface area contributed by atoms with Crippen LogP contribution in [0.4, 0.5) is 4.39 Å². The molecule has 1 aliphatic heterocycles. The average Bonchev–Trinajstić information content (AvgIpc) is 2.74. The number of hydrogen-bond acceptors (Lipinski definition) is 5. The number of ether oxygens (including phenoxy) is 3. The van der Waals surface area contributed by atoms with E-state index < -0.39 is 6.10 Å². The Morgan fingerprint density at radius 3 is 2.70 bits per heavy atom. The van der Waals surface area contributed by atoms with E-state index in [-0.39, 0.29) is 42.9 Å². The molecule has 0 aromatic heterocycles. The second-order valence-electron chi connectivity index (χ2n) is 7.05. The molecule has 1 aromatic rings. The van der Waals surface area contributed by atoms with Gasteiger partial charge in [0.1, 0.15) is 24.3 Å². The van der Waals surface area contributed by atoms with Gasteiger partial charge in [-0.05, 0) is 56.4 Å². The third-order valence-electron chi connectivity index (χ3n) is 4.51. The fraction of sp³-hybridized carbons (Fsp3) is 0.667. The smallest absolute Gasteiger partial charge is 0.191 e. The Morgan fingerprint density at radius 2 is 2.00 bits per heavy atom. The molecule has 1 fully saturated rings. The van der Waals surface area contributed by atoms with Crippen LogP contribution in [0.2, 0.25) is 0 Å². The van der Waals surface area contributed by atoms with Gasteiger partial charge in [-0.1, -0.05) is 0 Å². The Hall–Kier alpha value is -1.17. The van der Waals surface area contributed by atoms with Gasteiger partial charge in [0.05, 0.1) is 6.54 Å². The molecule has 1 heterocycles. The van der Waals surface area contributed by atoms with Crippen molar-refractivity contribution < 1.29 is 23.7 Å². The maximum atomic E-state index is 12.9. The number of aliphatic hydroxyl groups excluding tert-OH is 1. The van der Waals surface area contributed by atoms with Gasteiger partial charge < -0.3 is 30.0 Å². The molecule has 1 saturated heterocycles. The first-order valence-electron chi connectivity index (χ1n) is 10.4. The molecule has 0 bridgehead atoms. The third kappa shape index (κ3) is 11.9. The third-order valence-corrected chi connectivity index (χ3v) is 4.51. The summed E-state index contributed by atoms with van der Waals surface area (Å²) in [5.41, 5.74) is 0. The summed E-state index contributed by atoms with van der Waals surface area (Å²) in [5, 5.41) is 16.4. The molecule has 0 amide bonds. The molecule has 7 nitrogen and oxygen atoms in total. The predicted octanol–water partition coefficient (Wildman–Crippen LogP) is 2.57. The van der Waals surface area contributed by atoms with Crippen molar-refractivity contribution in [2.24, 2.45) is 10.9 Å². The zero-order valence-corrected chi connectivity index (χ0v) is 20.0. The minimum Gasteiger partial charge on any atom is -0.491 e. The lowest BCUT2D eigenvalue weighted by molar-refractivity contribution is 0.0203.